The minimum Gasteiger partial charge on any atom is -0.480 e. The third kappa shape index (κ3) is 4.96. The first-order valence-corrected chi connectivity index (χ1v) is 7.39. The Balaban J connectivity index is 3.22. The van der Waals surface area contributed by atoms with Crippen molar-refractivity contribution in [3.8, 4) is 0 Å². The van der Waals surface area contributed by atoms with Gasteiger partial charge in [-0.05, 0) is 0 Å². The Hall–Kier alpha value is -3.11. The van der Waals surface area contributed by atoms with Gasteiger partial charge < -0.3 is 19.9 Å². The molecule has 8 nitrogen and oxygen atoms in total. The van der Waals surface area contributed by atoms with E-state index in [4.69, 9.17) is 0 Å². The van der Waals surface area contributed by atoms with E-state index in [1.54, 1.807) is 0 Å². The van der Waals surface area contributed by atoms with E-state index < -0.39 is 64.7 Å². The highest BCUT2D eigenvalue weighted by Gasteiger charge is 2.42. The van der Waals surface area contributed by atoms with Crippen LogP contribution in [0.4, 0.5) is 13.2 Å². The maximum Gasteiger partial charge on any atom is 0.326 e. The summed E-state index contributed by atoms with van der Waals surface area (Å²) in [6.07, 6.45) is 0. The molecule has 2 atom stereocenters. The molecule has 0 fully saturated rings. The normalized spacial score (nSPS) is 12.9. The van der Waals surface area contributed by atoms with E-state index in [0.717, 1.165) is 21.1 Å². The standard InChI is InChI=1S/C16H16F3NO7/c1-6(10(15(24)26-2)16(25)27-3)12(14(22)23)20-13(21)11-8(18)4-7(17)5-9(11)19/h4-6,10,12H,1-3H3,(H,20,21)(H,22,23)/t6-,12+/m1/s1. The van der Waals surface area contributed by atoms with Gasteiger partial charge in [0.15, 0.2) is 5.92 Å². The summed E-state index contributed by atoms with van der Waals surface area (Å²) in [6.45, 7) is 1.12. The third-order valence-corrected chi connectivity index (χ3v) is 3.75. The van der Waals surface area contributed by atoms with E-state index in [0.29, 0.717) is 0 Å². The van der Waals surface area contributed by atoms with Gasteiger partial charge in [-0.1, -0.05) is 6.92 Å². The SMILES string of the molecule is COC(=O)C(C(=O)OC)[C@@H](C)[C@H](NC(=O)c1c(F)cc(F)cc1F)C(=O)O. The lowest BCUT2D eigenvalue weighted by atomic mass is 9.87. The number of carboxylic acid groups (broad SMARTS) is 1. The third-order valence-electron chi connectivity index (χ3n) is 3.75. The number of halogens is 3. The Morgan fingerprint density at radius 1 is 1.00 bits per heavy atom. The average Bonchev–Trinajstić information content (AvgIpc) is 2.57. The molecular formula is C16H16F3NO7. The van der Waals surface area contributed by atoms with Crippen molar-refractivity contribution in [1.29, 1.82) is 0 Å². The molecule has 0 aromatic heterocycles. The van der Waals surface area contributed by atoms with E-state index in [-0.39, 0.29) is 12.1 Å². The molecule has 0 aliphatic rings. The molecule has 148 valence electrons. The highest BCUT2D eigenvalue weighted by Crippen LogP contribution is 2.21. The Labute approximate surface area is 151 Å². The van der Waals surface area contributed by atoms with Gasteiger partial charge in [0.1, 0.15) is 29.1 Å². The number of nitrogens with one attached hydrogen (secondary N) is 1. The molecule has 0 aliphatic carbocycles. The molecule has 0 saturated heterocycles. The topological polar surface area (TPSA) is 119 Å². The zero-order valence-electron chi connectivity index (χ0n) is 14.4. The Morgan fingerprint density at radius 3 is 1.81 bits per heavy atom. The van der Waals surface area contributed by atoms with Crippen LogP contribution in [0.2, 0.25) is 0 Å². The number of amides is 1. The molecule has 0 bridgehead atoms. The van der Waals surface area contributed by atoms with E-state index in [1.807, 2.05) is 5.32 Å². The van der Waals surface area contributed by atoms with Crippen molar-refractivity contribution in [2.45, 2.75) is 13.0 Å². The second-order valence-electron chi connectivity index (χ2n) is 5.42. The number of ether oxygens (including phenoxy) is 2. The summed E-state index contributed by atoms with van der Waals surface area (Å²) in [5.41, 5.74) is -1.22. The summed E-state index contributed by atoms with van der Waals surface area (Å²) in [5, 5.41) is 11.1. The number of carboxylic acids is 1. The highest BCUT2D eigenvalue weighted by molar-refractivity contribution is 5.99. The summed E-state index contributed by atoms with van der Waals surface area (Å²) in [6, 6.07) is -1.45. The van der Waals surface area contributed by atoms with Crippen molar-refractivity contribution in [3.05, 3.63) is 35.1 Å². The van der Waals surface area contributed by atoms with Gasteiger partial charge in [-0.15, -0.1) is 0 Å². The summed E-state index contributed by atoms with van der Waals surface area (Å²) in [5.74, 6) is -13.0. The molecule has 0 unspecified atom stereocenters. The van der Waals surface area contributed by atoms with E-state index >= 15 is 0 Å². The molecule has 2 N–H and O–H groups in total. The van der Waals surface area contributed by atoms with E-state index in [9.17, 15) is 37.5 Å². The van der Waals surface area contributed by atoms with Crippen LogP contribution >= 0.6 is 0 Å². The minimum atomic E-state index is -1.93. The van der Waals surface area contributed by atoms with Crippen molar-refractivity contribution in [3.63, 3.8) is 0 Å². The fourth-order valence-corrected chi connectivity index (χ4v) is 2.36. The average molecular weight is 391 g/mol. The predicted molar refractivity (Wildman–Crippen MR) is 81.9 cm³/mol. The van der Waals surface area contributed by atoms with Gasteiger partial charge in [-0.3, -0.25) is 14.4 Å². The quantitative estimate of drug-likeness (QED) is 0.523. The fourth-order valence-electron chi connectivity index (χ4n) is 2.36. The number of rotatable bonds is 7. The molecule has 1 amide bonds. The van der Waals surface area contributed by atoms with Gasteiger partial charge >= 0.3 is 17.9 Å². The largest absolute Gasteiger partial charge is 0.480 e. The Kier molecular flexibility index (Phi) is 7.32. The van der Waals surface area contributed by atoms with Crippen LogP contribution in [0, 0.1) is 29.3 Å². The highest BCUT2D eigenvalue weighted by atomic mass is 19.1. The first kappa shape index (κ1) is 21.9. The molecule has 11 heteroatoms. The molecule has 1 rings (SSSR count). The van der Waals surface area contributed by atoms with Crippen LogP contribution in [0.15, 0.2) is 12.1 Å². The molecular weight excluding hydrogens is 375 g/mol. The molecule has 0 aliphatic heterocycles. The lowest BCUT2D eigenvalue weighted by molar-refractivity contribution is -0.162. The molecule has 1 aromatic rings. The van der Waals surface area contributed by atoms with E-state index in [2.05, 4.69) is 9.47 Å². The Bertz CT molecular complexity index is 729. The number of methoxy groups -OCH3 is 2. The number of benzene rings is 1. The van der Waals surface area contributed by atoms with Crippen LogP contribution in [0.3, 0.4) is 0 Å². The second kappa shape index (κ2) is 9.01. The first-order chi connectivity index (χ1) is 12.5. The maximum atomic E-state index is 13.7. The number of carbonyl (C=O) groups is 4. The lowest BCUT2D eigenvalue weighted by Gasteiger charge is -2.26. The van der Waals surface area contributed by atoms with Crippen molar-refractivity contribution in [1.82, 2.24) is 5.32 Å². The molecule has 0 heterocycles. The molecule has 1 aromatic carbocycles. The zero-order chi connectivity index (χ0) is 20.9. The van der Waals surface area contributed by atoms with E-state index in [1.165, 1.54) is 0 Å². The van der Waals surface area contributed by atoms with Crippen LogP contribution in [0.5, 0.6) is 0 Å². The number of aliphatic carboxylic acids is 1. The van der Waals surface area contributed by atoms with Crippen molar-refractivity contribution >= 4 is 23.8 Å². The van der Waals surface area contributed by atoms with Crippen LogP contribution in [0.25, 0.3) is 0 Å². The number of carbonyl (C=O) groups excluding carboxylic acids is 3. The van der Waals surface area contributed by atoms with Gasteiger partial charge in [-0.2, -0.15) is 0 Å². The first-order valence-electron chi connectivity index (χ1n) is 7.39. The molecule has 0 spiro atoms. The van der Waals surface area contributed by atoms with Gasteiger partial charge in [0.2, 0.25) is 0 Å². The van der Waals surface area contributed by atoms with Crippen molar-refractivity contribution in [2.75, 3.05) is 14.2 Å². The van der Waals surface area contributed by atoms with Crippen LogP contribution < -0.4 is 5.32 Å². The maximum absolute atomic E-state index is 13.7. The van der Waals surface area contributed by atoms with Crippen molar-refractivity contribution in [2.24, 2.45) is 11.8 Å². The lowest BCUT2D eigenvalue weighted by Crippen LogP contribution is -2.50. The molecule has 27 heavy (non-hydrogen) atoms. The smallest absolute Gasteiger partial charge is 0.326 e. The molecule has 0 radical (unpaired) electrons. The summed E-state index contributed by atoms with van der Waals surface area (Å²) in [7, 11) is 1.89. The summed E-state index contributed by atoms with van der Waals surface area (Å²) in [4.78, 5) is 47.2. The minimum absolute atomic E-state index is 0.239. The number of hydrogen-bond acceptors (Lipinski definition) is 6. The van der Waals surface area contributed by atoms with Crippen LogP contribution in [0.1, 0.15) is 17.3 Å². The number of esters is 2. The molecule has 0 saturated carbocycles. The zero-order valence-corrected chi connectivity index (χ0v) is 14.4. The van der Waals surface area contributed by atoms with Gasteiger partial charge in [-0.25, -0.2) is 18.0 Å². The Morgan fingerprint density at radius 2 is 1.44 bits per heavy atom. The second-order valence-corrected chi connectivity index (χ2v) is 5.42. The number of hydrogen-bond donors (Lipinski definition) is 2. The van der Waals surface area contributed by atoms with Crippen LogP contribution in [-0.2, 0) is 23.9 Å². The fraction of sp³-hybridized carbons (Fsp3) is 0.375. The monoisotopic (exact) mass is 391 g/mol. The summed E-state index contributed by atoms with van der Waals surface area (Å²) < 4.78 is 49.2. The predicted octanol–water partition coefficient (Wildman–Crippen LogP) is 0.885. The van der Waals surface area contributed by atoms with Crippen molar-refractivity contribution < 1.29 is 46.9 Å². The van der Waals surface area contributed by atoms with Gasteiger partial charge in [0, 0.05) is 18.1 Å². The van der Waals surface area contributed by atoms with Crippen LogP contribution in [-0.4, -0.2) is 49.2 Å². The van der Waals surface area contributed by atoms with Gasteiger partial charge in [0.25, 0.3) is 5.91 Å². The summed E-state index contributed by atoms with van der Waals surface area (Å²) >= 11 is 0. The van der Waals surface area contributed by atoms with Gasteiger partial charge in [0.05, 0.1) is 14.2 Å².